The number of hydrogen-bond donors (Lipinski definition) is 0. The fourth-order valence-corrected chi connectivity index (χ4v) is 3.00. The van der Waals surface area contributed by atoms with Gasteiger partial charge in [-0.1, -0.05) is 29.8 Å². The number of carbonyl (C=O) groups is 1. The van der Waals surface area contributed by atoms with Crippen LogP contribution in [-0.2, 0) is 6.54 Å². The smallest absolute Gasteiger partial charge is 0.278 e. The summed E-state index contributed by atoms with van der Waals surface area (Å²) in [6, 6.07) is 14.3. The van der Waals surface area contributed by atoms with Gasteiger partial charge in [-0.3, -0.25) is 19.7 Å². The number of carbonyl (C=O) groups excluding carboxylic acids is 1. The number of aromatic nitrogens is 2. The SMILES string of the molecule is Cc1cc(=O)c(C(=O)N(C)Cc2ccccc2[N+](=O)[O-])nn1-c1ccc(Cl)cc1. The zero-order valence-corrected chi connectivity index (χ0v) is 16.5. The van der Waals surface area contributed by atoms with E-state index in [-0.39, 0.29) is 17.9 Å². The normalized spacial score (nSPS) is 10.6. The predicted octanol–water partition coefficient (Wildman–Crippen LogP) is 3.37. The summed E-state index contributed by atoms with van der Waals surface area (Å²) in [6.07, 6.45) is 0. The molecule has 0 radical (unpaired) electrons. The molecule has 0 saturated carbocycles. The van der Waals surface area contributed by atoms with Gasteiger partial charge in [0.1, 0.15) is 0 Å². The van der Waals surface area contributed by atoms with Crippen LogP contribution in [0.2, 0.25) is 5.02 Å². The molecular weight excluding hydrogens is 396 g/mol. The number of para-hydroxylation sites is 1. The number of hydrogen-bond acceptors (Lipinski definition) is 5. The zero-order chi connectivity index (χ0) is 21.1. The Morgan fingerprint density at radius 3 is 2.52 bits per heavy atom. The third-order valence-corrected chi connectivity index (χ3v) is 4.58. The van der Waals surface area contributed by atoms with Crippen molar-refractivity contribution in [3.63, 3.8) is 0 Å². The van der Waals surface area contributed by atoms with Crippen LogP contribution in [0.4, 0.5) is 5.69 Å². The van der Waals surface area contributed by atoms with Crippen LogP contribution >= 0.6 is 11.6 Å². The summed E-state index contributed by atoms with van der Waals surface area (Å²) in [5.74, 6) is -0.629. The molecule has 9 heteroatoms. The topological polar surface area (TPSA) is 98.3 Å². The lowest BCUT2D eigenvalue weighted by atomic mass is 10.1. The van der Waals surface area contributed by atoms with Crippen LogP contribution in [0.1, 0.15) is 21.7 Å². The minimum Gasteiger partial charge on any atom is -0.336 e. The van der Waals surface area contributed by atoms with Gasteiger partial charge >= 0.3 is 0 Å². The lowest BCUT2D eigenvalue weighted by Gasteiger charge is -2.18. The van der Waals surface area contributed by atoms with Crippen molar-refractivity contribution in [3.05, 3.63) is 96.9 Å². The van der Waals surface area contributed by atoms with Gasteiger partial charge in [0.25, 0.3) is 11.6 Å². The van der Waals surface area contributed by atoms with Crippen molar-refractivity contribution in [2.45, 2.75) is 13.5 Å². The van der Waals surface area contributed by atoms with Crippen molar-refractivity contribution >= 4 is 23.2 Å². The molecular formula is C20H17ClN4O4. The highest BCUT2D eigenvalue weighted by Crippen LogP contribution is 2.20. The van der Waals surface area contributed by atoms with Gasteiger partial charge in [0.15, 0.2) is 5.69 Å². The average molecular weight is 413 g/mol. The molecule has 0 saturated heterocycles. The number of nitro groups is 1. The Hall–Kier alpha value is -3.52. The number of rotatable bonds is 5. The second-order valence-corrected chi connectivity index (χ2v) is 6.87. The number of halogens is 1. The van der Waals surface area contributed by atoms with Gasteiger partial charge in [-0.05, 0) is 31.2 Å². The van der Waals surface area contributed by atoms with E-state index in [2.05, 4.69) is 5.10 Å². The zero-order valence-electron chi connectivity index (χ0n) is 15.7. The van der Waals surface area contributed by atoms with Crippen LogP contribution in [0.3, 0.4) is 0 Å². The van der Waals surface area contributed by atoms with Gasteiger partial charge in [0.2, 0.25) is 5.43 Å². The Kier molecular flexibility index (Phi) is 5.74. The molecule has 2 aromatic carbocycles. The monoisotopic (exact) mass is 412 g/mol. The van der Waals surface area contributed by atoms with E-state index < -0.39 is 16.3 Å². The standard InChI is InChI=1S/C20H17ClN4O4/c1-13-11-18(26)19(22-24(13)16-9-7-15(21)8-10-16)20(27)23(2)12-14-5-3-4-6-17(14)25(28)29/h3-11H,12H2,1-2H3. The molecule has 0 N–H and O–H groups in total. The van der Waals surface area contributed by atoms with E-state index in [0.29, 0.717) is 22.0 Å². The van der Waals surface area contributed by atoms with E-state index in [1.807, 2.05) is 0 Å². The molecule has 8 nitrogen and oxygen atoms in total. The van der Waals surface area contributed by atoms with Crippen LogP contribution < -0.4 is 5.43 Å². The number of nitro benzene ring substituents is 1. The lowest BCUT2D eigenvalue weighted by Crippen LogP contribution is -2.33. The highest BCUT2D eigenvalue weighted by Gasteiger charge is 2.22. The Balaban J connectivity index is 1.95. The maximum Gasteiger partial charge on any atom is 0.278 e. The van der Waals surface area contributed by atoms with Crippen molar-refractivity contribution in [1.82, 2.24) is 14.7 Å². The summed E-state index contributed by atoms with van der Waals surface area (Å²) in [5, 5.41) is 16.0. The minimum absolute atomic E-state index is 0.0358. The van der Waals surface area contributed by atoms with Gasteiger partial charge in [-0.2, -0.15) is 5.10 Å². The summed E-state index contributed by atoms with van der Waals surface area (Å²) in [7, 11) is 1.46. The molecule has 148 valence electrons. The molecule has 0 bridgehead atoms. The fraction of sp³-hybridized carbons (Fsp3) is 0.150. The quantitative estimate of drug-likeness (QED) is 0.472. The third-order valence-electron chi connectivity index (χ3n) is 4.32. The Morgan fingerprint density at radius 1 is 1.21 bits per heavy atom. The number of benzene rings is 2. The molecule has 0 spiro atoms. The Bertz CT molecular complexity index is 1140. The maximum absolute atomic E-state index is 12.9. The molecule has 0 aliphatic rings. The first-order valence-corrected chi connectivity index (χ1v) is 9.00. The highest BCUT2D eigenvalue weighted by molar-refractivity contribution is 6.30. The summed E-state index contributed by atoms with van der Waals surface area (Å²) < 4.78 is 1.48. The van der Waals surface area contributed by atoms with Gasteiger partial charge < -0.3 is 4.90 Å². The van der Waals surface area contributed by atoms with Crippen LogP contribution in [0.5, 0.6) is 0 Å². The molecule has 0 fully saturated rings. The predicted molar refractivity (Wildman–Crippen MR) is 108 cm³/mol. The molecule has 0 atom stereocenters. The van der Waals surface area contributed by atoms with E-state index in [0.717, 1.165) is 0 Å². The van der Waals surface area contributed by atoms with Crippen LogP contribution in [0.15, 0.2) is 59.4 Å². The van der Waals surface area contributed by atoms with Gasteiger partial charge in [0.05, 0.1) is 17.2 Å². The van der Waals surface area contributed by atoms with Crippen molar-refractivity contribution in [1.29, 1.82) is 0 Å². The average Bonchev–Trinajstić information content (AvgIpc) is 2.68. The summed E-state index contributed by atoms with van der Waals surface area (Å²) in [6.45, 7) is 1.67. The molecule has 0 aliphatic carbocycles. The molecule has 1 amide bonds. The van der Waals surface area contributed by atoms with Crippen LogP contribution in [0, 0.1) is 17.0 Å². The van der Waals surface area contributed by atoms with E-state index >= 15 is 0 Å². The molecule has 1 heterocycles. The van der Waals surface area contributed by atoms with E-state index in [9.17, 15) is 19.7 Å². The first-order valence-electron chi connectivity index (χ1n) is 8.62. The summed E-state index contributed by atoms with van der Waals surface area (Å²) in [4.78, 5) is 37.2. The van der Waals surface area contributed by atoms with Gasteiger partial charge in [0, 0.05) is 35.5 Å². The molecule has 3 aromatic rings. The number of nitrogens with zero attached hydrogens (tertiary/aromatic N) is 4. The van der Waals surface area contributed by atoms with Crippen LogP contribution in [-0.4, -0.2) is 32.6 Å². The summed E-state index contributed by atoms with van der Waals surface area (Å²) in [5.41, 5.74) is 0.664. The van der Waals surface area contributed by atoms with Crippen molar-refractivity contribution in [2.75, 3.05) is 7.05 Å². The van der Waals surface area contributed by atoms with Crippen molar-refractivity contribution < 1.29 is 9.72 Å². The van der Waals surface area contributed by atoms with Crippen molar-refractivity contribution in [2.24, 2.45) is 0 Å². The second kappa shape index (κ2) is 8.24. The van der Waals surface area contributed by atoms with Gasteiger partial charge in [-0.15, -0.1) is 0 Å². The highest BCUT2D eigenvalue weighted by atomic mass is 35.5. The molecule has 0 aliphatic heterocycles. The maximum atomic E-state index is 12.9. The third kappa shape index (κ3) is 4.33. The number of aryl methyl sites for hydroxylation is 1. The molecule has 3 rings (SSSR count). The Morgan fingerprint density at radius 2 is 1.86 bits per heavy atom. The second-order valence-electron chi connectivity index (χ2n) is 6.43. The lowest BCUT2D eigenvalue weighted by molar-refractivity contribution is -0.385. The first kappa shape index (κ1) is 20.2. The largest absolute Gasteiger partial charge is 0.336 e. The molecule has 0 unspecified atom stereocenters. The summed E-state index contributed by atoms with van der Waals surface area (Å²) >= 11 is 5.91. The van der Waals surface area contributed by atoms with E-state index in [4.69, 9.17) is 11.6 Å². The molecule has 1 aromatic heterocycles. The van der Waals surface area contributed by atoms with Crippen LogP contribution in [0.25, 0.3) is 5.69 Å². The van der Waals surface area contributed by atoms with Crippen molar-refractivity contribution in [3.8, 4) is 5.69 Å². The minimum atomic E-state index is -0.629. The first-order chi connectivity index (χ1) is 13.8. The van der Waals surface area contributed by atoms with E-state index in [1.54, 1.807) is 49.4 Å². The number of amides is 1. The van der Waals surface area contributed by atoms with Gasteiger partial charge in [-0.25, -0.2) is 4.68 Å². The fourth-order valence-electron chi connectivity index (χ4n) is 2.87. The van der Waals surface area contributed by atoms with E-state index in [1.165, 1.54) is 28.8 Å². The molecule has 29 heavy (non-hydrogen) atoms. The Labute approximate surface area is 171 Å².